The normalized spacial score (nSPS) is 23.0. The highest BCUT2D eigenvalue weighted by molar-refractivity contribution is 6.01. The Morgan fingerprint density at radius 3 is 2.08 bits per heavy atom. The molecule has 0 unspecified atom stereocenters. The summed E-state index contributed by atoms with van der Waals surface area (Å²) in [7, 11) is 3.52. The number of anilines is 1. The molecule has 1 aromatic carbocycles. The van der Waals surface area contributed by atoms with E-state index >= 15 is 4.39 Å². The number of nitrogens with zero attached hydrogens (tertiary/aromatic N) is 4. The van der Waals surface area contributed by atoms with E-state index in [1.54, 1.807) is 36.9 Å². The van der Waals surface area contributed by atoms with E-state index in [2.05, 4.69) is 33.0 Å². The Morgan fingerprint density at radius 1 is 0.880 bits per heavy atom. The number of carbonyl (C=O) groups excluding carboxylic acids is 4. The molecule has 2 aliphatic carbocycles. The Labute approximate surface area is 293 Å². The van der Waals surface area contributed by atoms with Crippen LogP contribution in [0.3, 0.4) is 0 Å². The summed E-state index contributed by atoms with van der Waals surface area (Å²) in [5, 5.41) is 12.9. The van der Waals surface area contributed by atoms with E-state index in [9.17, 15) is 19.2 Å². The molecule has 0 spiro atoms. The summed E-state index contributed by atoms with van der Waals surface area (Å²) in [6.45, 7) is 8.41. The van der Waals surface area contributed by atoms with E-state index < -0.39 is 41.7 Å². The van der Waals surface area contributed by atoms with Crippen LogP contribution in [0.5, 0.6) is 0 Å². The van der Waals surface area contributed by atoms with Gasteiger partial charge < -0.3 is 25.6 Å². The molecular weight excluding hydrogens is 641 g/mol. The summed E-state index contributed by atoms with van der Waals surface area (Å²) in [5.41, 5.74) is 0.855. The number of halogens is 1. The second kappa shape index (κ2) is 14.8. The minimum atomic E-state index is -0.945. The fraction of sp³-hybridized carbons (Fsp3) is 0.649. The van der Waals surface area contributed by atoms with Crippen LogP contribution in [-0.2, 0) is 19.1 Å². The predicted molar refractivity (Wildman–Crippen MR) is 186 cm³/mol. The molecule has 3 heterocycles. The number of hydrogen-bond donors (Lipinski definition) is 3. The topological polar surface area (TPSA) is 138 Å². The molecule has 0 radical (unpaired) electrons. The molecule has 13 heteroatoms. The van der Waals surface area contributed by atoms with E-state index in [-0.39, 0.29) is 41.5 Å². The molecule has 272 valence electrons. The molecule has 6 atom stereocenters. The molecule has 4 amide bonds. The zero-order valence-electron chi connectivity index (χ0n) is 30.0. The predicted octanol–water partition coefficient (Wildman–Crippen LogP) is 3.70. The number of aromatic nitrogens is 2. The highest BCUT2D eigenvalue weighted by atomic mass is 19.1. The number of nitrogens with one attached hydrogen (secondary N) is 3. The largest absolute Gasteiger partial charge is 0.372 e. The van der Waals surface area contributed by atoms with Crippen LogP contribution in [0, 0.1) is 23.6 Å². The van der Waals surface area contributed by atoms with Gasteiger partial charge in [0, 0.05) is 50.4 Å². The van der Waals surface area contributed by atoms with Crippen molar-refractivity contribution in [1.29, 1.82) is 0 Å². The molecule has 4 fully saturated rings. The van der Waals surface area contributed by atoms with Crippen LogP contribution >= 0.6 is 0 Å². The third kappa shape index (κ3) is 7.58. The lowest BCUT2D eigenvalue weighted by Crippen LogP contribution is -2.59. The number of ether oxygens (including phenoxy) is 1. The summed E-state index contributed by atoms with van der Waals surface area (Å²) >= 11 is 0. The van der Waals surface area contributed by atoms with Gasteiger partial charge in [-0.1, -0.05) is 13.0 Å². The van der Waals surface area contributed by atoms with Gasteiger partial charge in [0.15, 0.2) is 0 Å². The molecule has 3 N–H and O–H groups in total. The maximum absolute atomic E-state index is 15.9. The van der Waals surface area contributed by atoms with Crippen molar-refractivity contribution in [2.45, 2.75) is 108 Å². The van der Waals surface area contributed by atoms with E-state index in [0.717, 1.165) is 38.5 Å². The first-order valence-corrected chi connectivity index (χ1v) is 18.2. The van der Waals surface area contributed by atoms with Crippen LogP contribution in [0.2, 0.25) is 0 Å². The van der Waals surface area contributed by atoms with Crippen molar-refractivity contribution in [1.82, 2.24) is 30.2 Å². The highest BCUT2D eigenvalue weighted by Gasteiger charge is 2.49. The molecule has 2 bridgehead atoms. The SMILES string of the molecule is CO[C@@H](C)C(=O)N[C@@H](C(=O)N1C[C@H]2CC[C@@H](C1)N2C)[C@@H](C)c1ccc(NC(=O)[C@@H](NC(=O)c2ccnn2C(C)C)C(C2CC2)C2CC2)c(F)c1. The van der Waals surface area contributed by atoms with E-state index in [1.165, 1.54) is 19.2 Å². The lowest BCUT2D eigenvalue weighted by molar-refractivity contribution is -0.141. The summed E-state index contributed by atoms with van der Waals surface area (Å²) in [4.78, 5) is 58.6. The van der Waals surface area contributed by atoms with Gasteiger partial charge in [0.2, 0.25) is 17.7 Å². The van der Waals surface area contributed by atoms with Crippen molar-refractivity contribution < 1.29 is 28.3 Å². The van der Waals surface area contributed by atoms with Gasteiger partial charge in [-0.05, 0) is 108 Å². The first-order valence-electron chi connectivity index (χ1n) is 18.2. The van der Waals surface area contributed by atoms with Crippen LogP contribution in [-0.4, -0.2) is 101 Å². The highest BCUT2D eigenvalue weighted by Crippen LogP contribution is 2.51. The fourth-order valence-corrected chi connectivity index (χ4v) is 7.94. The standard InChI is InChI=1S/C37H52FN7O5/c1-20(2)45-30(15-16-39-45)35(47)42-33(31(23-7-8-23)24-9-10-24)36(48)40-29-14-11-25(17-28(29)38)21(3)32(41-34(46)22(4)50-6)37(49)44-18-26-12-13-27(19-44)43(26)5/h11,14-17,20-24,26-27,31-33H,7-10,12-13,18-19H2,1-6H3,(H,40,48)(H,41,46)(H,42,47)/t21-,22-,26-,27+,32+,33-/m0/s1. The average Bonchev–Trinajstić information content (AvgIpc) is 4.04. The number of methoxy groups -OCH3 is 1. The molecule has 4 aliphatic rings. The van der Waals surface area contributed by atoms with Gasteiger partial charge in [-0.15, -0.1) is 0 Å². The molecule has 2 aliphatic heterocycles. The molecule has 2 saturated carbocycles. The van der Waals surface area contributed by atoms with Gasteiger partial charge in [-0.25, -0.2) is 4.39 Å². The second-order valence-corrected chi connectivity index (χ2v) is 15.1. The number of benzene rings is 1. The van der Waals surface area contributed by atoms with Crippen molar-refractivity contribution in [3.8, 4) is 0 Å². The third-order valence-electron chi connectivity index (χ3n) is 11.4. The molecule has 2 aromatic rings. The average molecular weight is 694 g/mol. The van der Waals surface area contributed by atoms with Gasteiger partial charge in [-0.3, -0.25) is 28.8 Å². The summed E-state index contributed by atoms with van der Waals surface area (Å²) in [6.07, 6.45) is 6.84. The number of likely N-dealkylation sites (tertiary alicyclic amines) is 1. The Kier molecular flexibility index (Phi) is 10.6. The zero-order chi connectivity index (χ0) is 35.9. The van der Waals surface area contributed by atoms with Crippen LogP contribution in [0.15, 0.2) is 30.5 Å². The molecular formula is C37H52FN7O5. The number of carbonyl (C=O) groups is 4. The smallest absolute Gasteiger partial charge is 0.270 e. The van der Waals surface area contributed by atoms with Gasteiger partial charge >= 0.3 is 0 Å². The first kappa shape index (κ1) is 36.0. The number of likely N-dealkylation sites (N-methyl/N-ethyl adjacent to an activating group) is 1. The van der Waals surface area contributed by atoms with Crippen molar-refractivity contribution in [2.24, 2.45) is 17.8 Å². The fourth-order valence-electron chi connectivity index (χ4n) is 7.94. The first-order chi connectivity index (χ1) is 23.9. The van der Waals surface area contributed by atoms with E-state index in [0.29, 0.717) is 36.2 Å². The maximum atomic E-state index is 15.9. The minimum Gasteiger partial charge on any atom is -0.372 e. The summed E-state index contributed by atoms with van der Waals surface area (Å²) in [6, 6.07) is 4.84. The number of piperazine rings is 1. The van der Waals surface area contributed by atoms with Crippen LogP contribution in [0.4, 0.5) is 10.1 Å². The van der Waals surface area contributed by atoms with Gasteiger partial charge in [0.25, 0.3) is 5.91 Å². The summed E-state index contributed by atoms with van der Waals surface area (Å²) < 4.78 is 22.7. The second-order valence-electron chi connectivity index (χ2n) is 15.1. The van der Waals surface area contributed by atoms with Gasteiger partial charge in [0.1, 0.15) is 29.7 Å². The molecule has 1 aromatic heterocycles. The van der Waals surface area contributed by atoms with Crippen molar-refractivity contribution in [2.75, 3.05) is 32.6 Å². The number of hydrogen-bond acceptors (Lipinski definition) is 7. The molecule has 2 saturated heterocycles. The lowest BCUT2D eigenvalue weighted by atomic mass is 9.88. The molecule has 12 nitrogen and oxygen atoms in total. The van der Waals surface area contributed by atoms with Crippen molar-refractivity contribution >= 4 is 29.3 Å². The van der Waals surface area contributed by atoms with Crippen molar-refractivity contribution in [3.05, 3.63) is 47.5 Å². The molecule has 50 heavy (non-hydrogen) atoms. The number of amides is 4. The molecule has 6 rings (SSSR count). The van der Waals surface area contributed by atoms with E-state index in [4.69, 9.17) is 4.74 Å². The minimum absolute atomic E-state index is 0.0154. The Hall–Kier alpha value is -3.84. The lowest BCUT2D eigenvalue weighted by Gasteiger charge is -2.41. The van der Waals surface area contributed by atoms with E-state index in [1.807, 2.05) is 18.7 Å². The number of fused-ring (bicyclic) bond motifs is 2. The van der Waals surface area contributed by atoms with Gasteiger partial charge in [0.05, 0.1) is 5.69 Å². The Morgan fingerprint density at radius 2 is 1.52 bits per heavy atom. The van der Waals surface area contributed by atoms with Crippen LogP contribution in [0.25, 0.3) is 0 Å². The van der Waals surface area contributed by atoms with Crippen LogP contribution in [0.1, 0.15) is 94.2 Å². The quantitative estimate of drug-likeness (QED) is 0.275. The Balaban J connectivity index is 1.21. The maximum Gasteiger partial charge on any atom is 0.270 e. The zero-order valence-corrected chi connectivity index (χ0v) is 30.0. The summed E-state index contributed by atoms with van der Waals surface area (Å²) in [5.74, 6) is -2.10. The Bertz CT molecular complexity index is 1560. The van der Waals surface area contributed by atoms with Crippen LogP contribution < -0.4 is 16.0 Å². The number of rotatable bonds is 14. The third-order valence-corrected chi connectivity index (χ3v) is 11.4. The van der Waals surface area contributed by atoms with Gasteiger partial charge in [-0.2, -0.15) is 5.10 Å². The monoisotopic (exact) mass is 693 g/mol. The van der Waals surface area contributed by atoms with Crippen molar-refractivity contribution in [3.63, 3.8) is 0 Å².